The highest BCUT2D eigenvalue weighted by molar-refractivity contribution is 5.50. The predicted octanol–water partition coefficient (Wildman–Crippen LogP) is 1.66. The molecule has 17 heavy (non-hydrogen) atoms. The minimum Gasteiger partial charge on any atom is -0.363 e. The van der Waals surface area contributed by atoms with Gasteiger partial charge in [0.15, 0.2) is 5.82 Å². The molecule has 0 amide bonds. The van der Waals surface area contributed by atoms with Crippen LogP contribution in [0.25, 0.3) is 0 Å². The van der Waals surface area contributed by atoms with Crippen molar-refractivity contribution < 1.29 is 0 Å². The summed E-state index contributed by atoms with van der Waals surface area (Å²) < 4.78 is 0. The van der Waals surface area contributed by atoms with Crippen LogP contribution in [0.15, 0.2) is 30.6 Å². The molecule has 0 radical (unpaired) electrons. The summed E-state index contributed by atoms with van der Waals surface area (Å²) in [6.45, 7) is 2.51. The van der Waals surface area contributed by atoms with E-state index in [1.807, 2.05) is 19.1 Å². The second kappa shape index (κ2) is 5.03. The van der Waals surface area contributed by atoms with Crippen molar-refractivity contribution in [3.8, 4) is 6.07 Å². The summed E-state index contributed by atoms with van der Waals surface area (Å²) in [5.74, 6) is 0.496. The first kappa shape index (κ1) is 11.0. The SMILES string of the molecule is Cc1ccc(CNc2nnccc2C#N)cn1. The van der Waals surface area contributed by atoms with Crippen molar-refractivity contribution in [2.24, 2.45) is 0 Å². The molecule has 0 bridgehead atoms. The first-order valence-corrected chi connectivity index (χ1v) is 5.17. The van der Waals surface area contributed by atoms with E-state index in [2.05, 4.69) is 26.6 Å². The van der Waals surface area contributed by atoms with Gasteiger partial charge in [0.2, 0.25) is 0 Å². The second-order valence-corrected chi connectivity index (χ2v) is 3.57. The number of aryl methyl sites for hydroxylation is 1. The number of nitriles is 1. The maximum atomic E-state index is 8.88. The largest absolute Gasteiger partial charge is 0.363 e. The molecule has 0 aliphatic rings. The average molecular weight is 225 g/mol. The lowest BCUT2D eigenvalue weighted by molar-refractivity contribution is 0.988. The van der Waals surface area contributed by atoms with Gasteiger partial charge in [-0.2, -0.15) is 10.4 Å². The van der Waals surface area contributed by atoms with Gasteiger partial charge in [-0.25, -0.2) is 0 Å². The van der Waals surface area contributed by atoms with E-state index in [9.17, 15) is 0 Å². The first-order valence-electron chi connectivity index (χ1n) is 5.17. The van der Waals surface area contributed by atoms with Crippen molar-refractivity contribution in [2.75, 3.05) is 5.32 Å². The summed E-state index contributed by atoms with van der Waals surface area (Å²) in [7, 11) is 0. The molecule has 0 saturated carbocycles. The molecule has 0 atom stereocenters. The van der Waals surface area contributed by atoms with E-state index < -0.39 is 0 Å². The predicted molar refractivity (Wildman–Crippen MR) is 63.0 cm³/mol. The van der Waals surface area contributed by atoms with Crippen molar-refractivity contribution in [3.05, 3.63) is 47.4 Å². The van der Waals surface area contributed by atoms with E-state index in [4.69, 9.17) is 5.26 Å². The molecule has 0 saturated heterocycles. The highest BCUT2D eigenvalue weighted by atomic mass is 15.2. The summed E-state index contributed by atoms with van der Waals surface area (Å²) in [6.07, 6.45) is 3.29. The van der Waals surface area contributed by atoms with E-state index in [1.54, 1.807) is 12.3 Å². The van der Waals surface area contributed by atoms with E-state index in [1.165, 1.54) is 6.20 Å². The molecule has 84 valence electrons. The Morgan fingerprint density at radius 1 is 1.35 bits per heavy atom. The third-order valence-electron chi connectivity index (χ3n) is 2.27. The van der Waals surface area contributed by atoms with Gasteiger partial charge in [-0.15, -0.1) is 5.10 Å². The molecule has 0 aromatic carbocycles. The van der Waals surface area contributed by atoms with Gasteiger partial charge in [0.25, 0.3) is 0 Å². The van der Waals surface area contributed by atoms with Crippen LogP contribution in [0.2, 0.25) is 0 Å². The van der Waals surface area contributed by atoms with Crippen LogP contribution in [0.1, 0.15) is 16.8 Å². The maximum absolute atomic E-state index is 8.88. The molecule has 0 spiro atoms. The zero-order chi connectivity index (χ0) is 12.1. The van der Waals surface area contributed by atoms with Crippen molar-refractivity contribution in [1.29, 1.82) is 5.26 Å². The average Bonchev–Trinajstić information content (AvgIpc) is 2.38. The van der Waals surface area contributed by atoms with Crippen molar-refractivity contribution in [2.45, 2.75) is 13.5 Å². The Morgan fingerprint density at radius 2 is 2.24 bits per heavy atom. The van der Waals surface area contributed by atoms with Crippen LogP contribution in [-0.2, 0) is 6.54 Å². The zero-order valence-electron chi connectivity index (χ0n) is 9.38. The maximum Gasteiger partial charge on any atom is 0.166 e. The summed E-state index contributed by atoms with van der Waals surface area (Å²) >= 11 is 0. The molecule has 1 N–H and O–H groups in total. The highest BCUT2D eigenvalue weighted by Crippen LogP contribution is 2.10. The van der Waals surface area contributed by atoms with Crippen LogP contribution in [0.4, 0.5) is 5.82 Å². The normalized spacial score (nSPS) is 9.65. The van der Waals surface area contributed by atoms with Gasteiger partial charge in [-0.3, -0.25) is 4.98 Å². The van der Waals surface area contributed by atoms with Crippen molar-refractivity contribution >= 4 is 5.82 Å². The standard InChI is InChI=1S/C12H11N5/c1-9-2-3-10(7-14-9)8-15-12-11(6-13)4-5-16-17-12/h2-5,7H,8H2,1H3,(H,15,17). The topological polar surface area (TPSA) is 74.5 Å². The second-order valence-electron chi connectivity index (χ2n) is 3.57. The summed E-state index contributed by atoms with van der Waals surface area (Å²) in [6, 6.07) is 7.62. The highest BCUT2D eigenvalue weighted by Gasteiger charge is 2.02. The fourth-order valence-electron chi connectivity index (χ4n) is 1.34. The smallest absolute Gasteiger partial charge is 0.166 e. The van der Waals surface area contributed by atoms with Gasteiger partial charge in [0.05, 0.1) is 11.8 Å². The molecular formula is C12H11N5. The van der Waals surface area contributed by atoms with Gasteiger partial charge in [0, 0.05) is 18.4 Å². The number of aromatic nitrogens is 3. The number of nitrogens with zero attached hydrogens (tertiary/aromatic N) is 4. The Bertz CT molecular complexity index is 542. The Labute approximate surface area is 99.2 Å². The lowest BCUT2D eigenvalue weighted by Crippen LogP contribution is -2.04. The van der Waals surface area contributed by atoms with Crippen LogP contribution in [0.3, 0.4) is 0 Å². The molecule has 0 aliphatic heterocycles. The monoisotopic (exact) mass is 225 g/mol. The Kier molecular flexibility index (Phi) is 3.26. The Morgan fingerprint density at radius 3 is 2.94 bits per heavy atom. The summed E-state index contributed by atoms with van der Waals surface area (Å²) in [4.78, 5) is 4.19. The molecule has 2 aromatic rings. The van der Waals surface area contributed by atoms with Gasteiger partial charge < -0.3 is 5.32 Å². The van der Waals surface area contributed by atoms with Crippen LogP contribution in [0.5, 0.6) is 0 Å². The fraction of sp³-hybridized carbons (Fsp3) is 0.167. The quantitative estimate of drug-likeness (QED) is 0.859. The number of nitrogens with one attached hydrogen (secondary N) is 1. The molecule has 2 aromatic heterocycles. The Balaban J connectivity index is 2.08. The zero-order valence-corrected chi connectivity index (χ0v) is 9.38. The number of hydrogen-bond acceptors (Lipinski definition) is 5. The van der Waals surface area contributed by atoms with Gasteiger partial charge in [-0.05, 0) is 24.6 Å². The molecule has 0 fully saturated rings. The molecule has 5 heteroatoms. The minimum atomic E-state index is 0.486. The molecule has 2 rings (SSSR count). The molecule has 5 nitrogen and oxygen atoms in total. The number of pyridine rings is 1. The van der Waals surface area contributed by atoms with E-state index in [0.29, 0.717) is 17.9 Å². The molecular weight excluding hydrogens is 214 g/mol. The third kappa shape index (κ3) is 2.75. The Hall–Kier alpha value is -2.48. The fourth-order valence-corrected chi connectivity index (χ4v) is 1.34. The number of hydrogen-bond donors (Lipinski definition) is 1. The molecule has 2 heterocycles. The van der Waals surface area contributed by atoms with E-state index in [0.717, 1.165) is 11.3 Å². The minimum absolute atomic E-state index is 0.486. The van der Waals surface area contributed by atoms with Crippen LogP contribution >= 0.6 is 0 Å². The van der Waals surface area contributed by atoms with Crippen LogP contribution in [0, 0.1) is 18.3 Å². The third-order valence-corrected chi connectivity index (χ3v) is 2.27. The number of rotatable bonds is 3. The summed E-state index contributed by atoms with van der Waals surface area (Å²) in [5, 5.41) is 19.6. The number of anilines is 1. The van der Waals surface area contributed by atoms with E-state index >= 15 is 0 Å². The van der Waals surface area contributed by atoms with Crippen LogP contribution < -0.4 is 5.32 Å². The van der Waals surface area contributed by atoms with Gasteiger partial charge in [-0.1, -0.05) is 6.07 Å². The van der Waals surface area contributed by atoms with E-state index in [-0.39, 0.29) is 0 Å². The molecule has 0 aliphatic carbocycles. The van der Waals surface area contributed by atoms with Crippen molar-refractivity contribution in [1.82, 2.24) is 15.2 Å². The van der Waals surface area contributed by atoms with Gasteiger partial charge >= 0.3 is 0 Å². The molecule has 0 unspecified atom stereocenters. The lowest BCUT2D eigenvalue weighted by Gasteiger charge is -2.05. The first-order chi connectivity index (χ1) is 8.29. The lowest BCUT2D eigenvalue weighted by atomic mass is 10.2. The van der Waals surface area contributed by atoms with Crippen LogP contribution in [-0.4, -0.2) is 15.2 Å². The van der Waals surface area contributed by atoms with Gasteiger partial charge in [0.1, 0.15) is 6.07 Å². The van der Waals surface area contributed by atoms with Crippen molar-refractivity contribution in [3.63, 3.8) is 0 Å². The summed E-state index contributed by atoms with van der Waals surface area (Å²) in [5.41, 5.74) is 2.50.